The first-order chi connectivity index (χ1) is 13.4. The van der Waals surface area contributed by atoms with E-state index in [0.29, 0.717) is 36.5 Å². The van der Waals surface area contributed by atoms with Crippen LogP contribution < -0.4 is 4.90 Å². The molecule has 0 atom stereocenters. The third-order valence-electron chi connectivity index (χ3n) is 5.24. The van der Waals surface area contributed by atoms with Crippen LogP contribution in [0.2, 0.25) is 0 Å². The Morgan fingerprint density at radius 3 is 2.74 bits per heavy atom. The van der Waals surface area contributed by atoms with Crippen LogP contribution in [0.3, 0.4) is 0 Å². The minimum atomic E-state index is 0.415. The molecule has 0 bridgehead atoms. The summed E-state index contributed by atoms with van der Waals surface area (Å²) in [6, 6.07) is 8.09. The van der Waals surface area contributed by atoms with Crippen LogP contribution in [-0.2, 0) is 4.74 Å². The molecule has 1 aliphatic heterocycles. The summed E-state index contributed by atoms with van der Waals surface area (Å²) in [7, 11) is 0. The molecule has 0 unspecified atom stereocenters. The molecule has 1 saturated carbocycles. The Kier molecular flexibility index (Phi) is 3.21. The fourth-order valence-corrected chi connectivity index (χ4v) is 3.66. The molecule has 3 aromatic heterocycles. The van der Waals surface area contributed by atoms with Crippen LogP contribution >= 0.6 is 0 Å². The van der Waals surface area contributed by atoms with Crippen LogP contribution in [0.5, 0.6) is 0 Å². The van der Waals surface area contributed by atoms with Crippen molar-refractivity contribution in [3.8, 4) is 11.5 Å². The summed E-state index contributed by atoms with van der Waals surface area (Å²) >= 11 is 0. The van der Waals surface area contributed by atoms with Crippen molar-refractivity contribution in [3.63, 3.8) is 0 Å². The maximum absolute atomic E-state index is 5.52. The van der Waals surface area contributed by atoms with Crippen LogP contribution in [0.25, 0.3) is 28.1 Å². The third-order valence-corrected chi connectivity index (χ3v) is 5.24. The molecule has 1 saturated heterocycles. The predicted molar refractivity (Wildman–Crippen MR) is 98.8 cm³/mol. The average molecular weight is 362 g/mol. The Bertz CT molecular complexity index is 1140. The highest BCUT2D eigenvalue weighted by Gasteiger charge is 2.31. The maximum atomic E-state index is 5.52. The van der Waals surface area contributed by atoms with Crippen molar-refractivity contribution in [2.75, 3.05) is 31.2 Å². The molecule has 0 N–H and O–H groups in total. The van der Waals surface area contributed by atoms with Crippen LogP contribution in [0.1, 0.15) is 24.7 Å². The van der Waals surface area contributed by atoms with E-state index in [1.807, 2.05) is 24.5 Å². The first-order valence-electron chi connectivity index (χ1n) is 9.31. The molecule has 4 aromatic rings. The summed E-state index contributed by atoms with van der Waals surface area (Å²) in [6.45, 7) is 2.98. The van der Waals surface area contributed by atoms with Gasteiger partial charge in [-0.3, -0.25) is 4.40 Å². The normalized spacial score (nSPS) is 17.9. The Balaban J connectivity index is 1.60. The molecule has 1 aliphatic carbocycles. The molecular weight excluding hydrogens is 344 g/mol. The number of morpholine rings is 1. The molecule has 0 radical (unpaired) electrons. The van der Waals surface area contributed by atoms with Crippen LogP contribution in [-0.4, -0.2) is 50.8 Å². The summed E-state index contributed by atoms with van der Waals surface area (Å²) < 4.78 is 13.1. The van der Waals surface area contributed by atoms with Gasteiger partial charge < -0.3 is 14.2 Å². The smallest absolute Gasteiger partial charge is 0.230 e. The number of nitrogens with zero attached hydrogens (tertiary/aromatic N) is 6. The number of anilines is 1. The number of para-hydroxylation sites is 2. The summed E-state index contributed by atoms with van der Waals surface area (Å²) in [5, 5.41) is 4.20. The highest BCUT2D eigenvalue weighted by atomic mass is 16.5. The van der Waals surface area contributed by atoms with Gasteiger partial charge in [0, 0.05) is 19.0 Å². The van der Waals surface area contributed by atoms with Crippen molar-refractivity contribution in [2.24, 2.45) is 0 Å². The molecular formula is C19H18N6O2. The highest BCUT2D eigenvalue weighted by Crippen LogP contribution is 2.40. The summed E-state index contributed by atoms with van der Waals surface area (Å²) in [6.07, 6.45) is 4.07. The Morgan fingerprint density at radius 2 is 1.89 bits per heavy atom. The molecule has 136 valence electrons. The fourth-order valence-electron chi connectivity index (χ4n) is 3.66. The highest BCUT2D eigenvalue weighted by molar-refractivity contribution is 5.91. The molecule has 27 heavy (non-hydrogen) atoms. The minimum absolute atomic E-state index is 0.415. The Hall–Kier alpha value is -3.00. The fraction of sp³-hybridized carbons (Fsp3) is 0.368. The number of ether oxygens (including phenoxy) is 1. The van der Waals surface area contributed by atoms with Gasteiger partial charge >= 0.3 is 0 Å². The summed E-state index contributed by atoms with van der Waals surface area (Å²) in [4.78, 5) is 16.5. The standard InChI is InChI=1S/C19H18N6O2/c1-2-4-14-13(3-1)21-18(24-7-9-26-10-8-24)16-15(20-11-25(14)16)17-22-19(27-23-17)12-5-6-12/h1-4,11-12H,5-10H2. The van der Waals surface area contributed by atoms with Gasteiger partial charge in [-0.05, 0) is 25.0 Å². The third kappa shape index (κ3) is 2.40. The van der Waals surface area contributed by atoms with Crippen LogP contribution in [0, 0.1) is 0 Å². The van der Waals surface area contributed by atoms with Crippen LogP contribution in [0.4, 0.5) is 5.82 Å². The van der Waals surface area contributed by atoms with Crippen molar-refractivity contribution >= 4 is 22.4 Å². The largest absolute Gasteiger partial charge is 0.378 e. The van der Waals surface area contributed by atoms with Crippen molar-refractivity contribution in [2.45, 2.75) is 18.8 Å². The maximum Gasteiger partial charge on any atom is 0.230 e. The Labute approximate surface area is 154 Å². The molecule has 8 nitrogen and oxygen atoms in total. The minimum Gasteiger partial charge on any atom is -0.378 e. The average Bonchev–Trinajstić information content (AvgIpc) is 3.29. The zero-order valence-corrected chi connectivity index (χ0v) is 14.7. The number of hydrogen-bond acceptors (Lipinski definition) is 7. The zero-order chi connectivity index (χ0) is 17.8. The van der Waals surface area contributed by atoms with Gasteiger partial charge in [-0.15, -0.1) is 0 Å². The van der Waals surface area contributed by atoms with Gasteiger partial charge in [-0.2, -0.15) is 4.98 Å². The van der Waals surface area contributed by atoms with Gasteiger partial charge in [0.1, 0.15) is 17.5 Å². The molecule has 6 rings (SSSR count). The van der Waals surface area contributed by atoms with E-state index in [1.165, 1.54) is 0 Å². The van der Waals surface area contributed by atoms with E-state index in [0.717, 1.165) is 48.3 Å². The molecule has 4 heterocycles. The van der Waals surface area contributed by atoms with Crippen molar-refractivity contribution in [1.82, 2.24) is 24.5 Å². The Morgan fingerprint density at radius 1 is 1.04 bits per heavy atom. The topological polar surface area (TPSA) is 81.6 Å². The van der Waals surface area contributed by atoms with E-state index in [-0.39, 0.29) is 0 Å². The number of rotatable bonds is 3. The van der Waals surface area contributed by atoms with E-state index < -0.39 is 0 Å². The van der Waals surface area contributed by atoms with Gasteiger partial charge in [0.15, 0.2) is 5.82 Å². The monoisotopic (exact) mass is 362 g/mol. The van der Waals surface area contributed by atoms with Gasteiger partial charge in [0.05, 0.1) is 24.2 Å². The van der Waals surface area contributed by atoms with E-state index in [9.17, 15) is 0 Å². The quantitative estimate of drug-likeness (QED) is 0.554. The van der Waals surface area contributed by atoms with Gasteiger partial charge in [0.25, 0.3) is 0 Å². The number of hydrogen-bond donors (Lipinski definition) is 0. The lowest BCUT2D eigenvalue weighted by molar-refractivity contribution is 0.122. The van der Waals surface area contributed by atoms with Crippen molar-refractivity contribution < 1.29 is 9.26 Å². The van der Waals surface area contributed by atoms with E-state index in [4.69, 9.17) is 14.2 Å². The lowest BCUT2D eigenvalue weighted by Crippen LogP contribution is -2.37. The molecule has 0 spiro atoms. The van der Waals surface area contributed by atoms with Crippen LogP contribution in [0.15, 0.2) is 35.1 Å². The second-order valence-corrected chi connectivity index (χ2v) is 7.07. The molecule has 2 aliphatic rings. The van der Waals surface area contributed by atoms with E-state index in [1.54, 1.807) is 0 Å². The number of imidazole rings is 1. The van der Waals surface area contributed by atoms with Gasteiger partial charge in [-0.25, -0.2) is 9.97 Å². The lowest BCUT2D eigenvalue weighted by Gasteiger charge is -2.28. The summed E-state index contributed by atoms with van der Waals surface area (Å²) in [5.74, 6) is 2.55. The van der Waals surface area contributed by atoms with Crippen molar-refractivity contribution in [1.29, 1.82) is 0 Å². The number of benzene rings is 1. The molecule has 0 amide bonds. The molecule has 2 fully saturated rings. The van der Waals surface area contributed by atoms with Gasteiger partial charge in [0.2, 0.25) is 11.7 Å². The number of fused-ring (bicyclic) bond motifs is 3. The predicted octanol–water partition coefficient (Wildman–Crippen LogP) is 2.65. The first kappa shape index (κ1) is 15.1. The SMILES string of the molecule is c1ccc2c(c1)nc(N1CCOCC1)c1c(-c3noc(C4CC4)n3)ncn12. The van der Waals surface area contributed by atoms with E-state index in [2.05, 4.69) is 30.5 Å². The first-order valence-corrected chi connectivity index (χ1v) is 9.31. The molecule has 8 heteroatoms. The van der Waals surface area contributed by atoms with Gasteiger partial charge in [-0.1, -0.05) is 17.3 Å². The second-order valence-electron chi connectivity index (χ2n) is 7.07. The second kappa shape index (κ2) is 5.75. The summed E-state index contributed by atoms with van der Waals surface area (Å²) in [5.41, 5.74) is 3.57. The number of aromatic nitrogens is 5. The van der Waals surface area contributed by atoms with E-state index >= 15 is 0 Å². The van der Waals surface area contributed by atoms with Crippen molar-refractivity contribution in [3.05, 3.63) is 36.5 Å². The zero-order valence-electron chi connectivity index (χ0n) is 14.7. The molecule has 1 aromatic carbocycles. The lowest BCUT2D eigenvalue weighted by atomic mass is 10.2.